The third kappa shape index (κ3) is 4.69. The van der Waals surface area contributed by atoms with Gasteiger partial charge in [0.25, 0.3) is 5.91 Å². The predicted octanol–water partition coefficient (Wildman–Crippen LogP) is 4.75. The molecule has 2 aromatic heterocycles. The Morgan fingerprint density at radius 3 is 2.65 bits per heavy atom. The summed E-state index contributed by atoms with van der Waals surface area (Å²) in [5.41, 5.74) is 1.90. The normalized spacial score (nSPS) is 10.7. The fourth-order valence-electron chi connectivity index (χ4n) is 2.52. The van der Waals surface area contributed by atoms with E-state index in [4.69, 9.17) is 16.3 Å². The molecule has 0 fully saturated rings. The monoisotopic (exact) mass is 386 g/mol. The summed E-state index contributed by atoms with van der Waals surface area (Å²) >= 11 is 7.42. The molecule has 0 atom stereocenters. The molecular formula is C20H19ClN2O2S. The molecule has 0 radical (unpaired) electrons. The summed E-state index contributed by atoms with van der Waals surface area (Å²) < 4.78 is 5.16. The molecule has 0 saturated heterocycles. The molecule has 4 nitrogen and oxygen atoms in total. The first kappa shape index (κ1) is 18.6. The minimum Gasteiger partial charge on any atom is -0.383 e. The van der Waals surface area contributed by atoms with E-state index in [1.807, 2.05) is 54.6 Å². The van der Waals surface area contributed by atoms with Gasteiger partial charge in [-0.05, 0) is 42.0 Å². The summed E-state index contributed by atoms with van der Waals surface area (Å²) in [4.78, 5) is 20.8. The molecule has 134 valence electrons. The minimum absolute atomic E-state index is 0.0158. The standard InChI is InChI=1S/C20H19ClN2O2S/c1-25-13-12-23(14-17-4-2-3-11-22-17)20(24)19-10-9-18(26-19)15-5-7-16(21)8-6-15/h2-11H,12-14H2,1H3. The molecule has 0 aliphatic rings. The molecule has 26 heavy (non-hydrogen) atoms. The number of hydrogen-bond donors (Lipinski definition) is 0. The Balaban J connectivity index is 1.79. The van der Waals surface area contributed by atoms with E-state index in [9.17, 15) is 4.79 Å². The highest BCUT2D eigenvalue weighted by molar-refractivity contribution is 7.17. The number of aromatic nitrogens is 1. The van der Waals surface area contributed by atoms with Gasteiger partial charge in [0.15, 0.2) is 0 Å². The number of carbonyl (C=O) groups is 1. The van der Waals surface area contributed by atoms with Gasteiger partial charge in [0, 0.05) is 29.8 Å². The highest BCUT2D eigenvalue weighted by Crippen LogP contribution is 2.30. The first-order valence-electron chi connectivity index (χ1n) is 8.21. The van der Waals surface area contributed by atoms with Crippen molar-refractivity contribution in [1.29, 1.82) is 0 Å². The van der Waals surface area contributed by atoms with Crippen molar-refractivity contribution < 1.29 is 9.53 Å². The van der Waals surface area contributed by atoms with E-state index < -0.39 is 0 Å². The lowest BCUT2D eigenvalue weighted by atomic mass is 10.2. The average molecular weight is 387 g/mol. The van der Waals surface area contributed by atoms with E-state index in [2.05, 4.69) is 4.98 Å². The quantitative estimate of drug-likeness (QED) is 0.588. The van der Waals surface area contributed by atoms with Crippen molar-refractivity contribution in [3.05, 3.63) is 76.4 Å². The van der Waals surface area contributed by atoms with E-state index in [0.717, 1.165) is 16.1 Å². The van der Waals surface area contributed by atoms with Gasteiger partial charge in [-0.25, -0.2) is 0 Å². The molecule has 0 saturated carbocycles. The SMILES string of the molecule is COCCN(Cc1ccccn1)C(=O)c1ccc(-c2ccc(Cl)cc2)s1. The number of nitrogens with zero attached hydrogens (tertiary/aromatic N) is 2. The maximum absolute atomic E-state index is 13.0. The van der Waals surface area contributed by atoms with Gasteiger partial charge in [-0.3, -0.25) is 9.78 Å². The largest absolute Gasteiger partial charge is 0.383 e. The van der Waals surface area contributed by atoms with Crippen LogP contribution in [0.3, 0.4) is 0 Å². The zero-order valence-corrected chi connectivity index (χ0v) is 16.0. The van der Waals surface area contributed by atoms with Crippen LogP contribution in [0.25, 0.3) is 10.4 Å². The second-order valence-corrected chi connectivity index (χ2v) is 7.23. The number of thiophene rings is 1. The van der Waals surface area contributed by atoms with Crippen LogP contribution in [-0.2, 0) is 11.3 Å². The van der Waals surface area contributed by atoms with Gasteiger partial charge in [-0.15, -0.1) is 11.3 Å². The lowest BCUT2D eigenvalue weighted by Crippen LogP contribution is -2.33. The van der Waals surface area contributed by atoms with E-state index in [1.165, 1.54) is 11.3 Å². The summed E-state index contributed by atoms with van der Waals surface area (Å²) in [6.07, 6.45) is 1.73. The summed E-state index contributed by atoms with van der Waals surface area (Å²) in [5.74, 6) is -0.0158. The Morgan fingerprint density at radius 1 is 1.15 bits per heavy atom. The smallest absolute Gasteiger partial charge is 0.264 e. The Hall–Kier alpha value is -2.21. The number of rotatable bonds is 7. The molecule has 6 heteroatoms. The van der Waals surface area contributed by atoms with Crippen LogP contribution in [0.2, 0.25) is 5.02 Å². The highest BCUT2D eigenvalue weighted by atomic mass is 35.5. The summed E-state index contributed by atoms with van der Waals surface area (Å²) in [6, 6.07) is 17.2. The number of hydrogen-bond acceptors (Lipinski definition) is 4. The van der Waals surface area contributed by atoms with Gasteiger partial charge in [-0.1, -0.05) is 29.8 Å². The van der Waals surface area contributed by atoms with Crippen LogP contribution in [0, 0.1) is 0 Å². The fraction of sp³-hybridized carbons (Fsp3) is 0.200. The van der Waals surface area contributed by atoms with Crippen LogP contribution < -0.4 is 0 Å². The Labute approximate surface area is 162 Å². The Morgan fingerprint density at radius 2 is 1.96 bits per heavy atom. The van der Waals surface area contributed by atoms with Gasteiger partial charge in [0.05, 0.1) is 23.7 Å². The Bertz CT molecular complexity index is 850. The van der Waals surface area contributed by atoms with Crippen LogP contribution in [-0.4, -0.2) is 36.1 Å². The maximum atomic E-state index is 13.0. The van der Waals surface area contributed by atoms with Crippen LogP contribution in [0.4, 0.5) is 0 Å². The van der Waals surface area contributed by atoms with Crippen molar-refractivity contribution >= 4 is 28.8 Å². The second kappa shape index (κ2) is 8.94. The lowest BCUT2D eigenvalue weighted by molar-refractivity contribution is 0.0682. The van der Waals surface area contributed by atoms with E-state index in [-0.39, 0.29) is 5.91 Å². The molecule has 0 N–H and O–H groups in total. The first-order valence-corrected chi connectivity index (χ1v) is 9.40. The molecule has 1 aromatic carbocycles. The third-order valence-corrected chi connectivity index (χ3v) is 5.25. The van der Waals surface area contributed by atoms with E-state index in [1.54, 1.807) is 18.2 Å². The number of benzene rings is 1. The van der Waals surface area contributed by atoms with Crippen molar-refractivity contribution in [3.8, 4) is 10.4 Å². The zero-order chi connectivity index (χ0) is 18.4. The van der Waals surface area contributed by atoms with E-state index >= 15 is 0 Å². The highest BCUT2D eigenvalue weighted by Gasteiger charge is 2.19. The molecule has 0 aliphatic carbocycles. The molecule has 3 rings (SSSR count). The predicted molar refractivity (Wildman–Crippen MR) is 106 cm³/mol. The van der Waals surface area contributed by atoms with Crippen molar-refractivity contribution in [2.24, 2.45) is 0 Å². The van der Waals surface area contributed by atoms with Crippen molar-refractivity contribution in [2.75, 3.05) is 20.3 Å². The number of carbonyl (C=O) groups excluding carboxylic acids is 1. The summed E-state index contributed by atoms with van der Waals surface area (Å²) in [7, 11) is 1.63. The molecule has 0 spiro atoms. The molecule has 2 heterocycles. The summed E-state index contributed by atoms with van der Waals surface area (Å²) in [6.45, 7) is 1.45. The lowest BCUT2D eigenvalue weighted by Gasteiger charge is -2.21. The van der Waals surface area contributed by atoms with Crippen LogP contribution in [0.15, 0.2) is 60.8 Å². The van der Waals surface area contributed by atoms with Gasteiger partial charge in [0.2, 0.25) is 0 Å². The number of ether oxygens (including phenoxy) is 1. The van der Waals surface area contributed by atoms with Gasteiger partial charge < -0.3 is 9.64 Å². The molecule has 0 aliphatic heterocycles. The van der Waals surface area contributed by atoms with Gasteiger partial charge in [0.1, 0.15) is 0 Å². The van der Waals surface area contributed by atoms with Crippen molar-refractivity contribution in [3.63, 3.8) is 0 Å². The number of amides is 1. The number of methoxy groups -OCH3 is 1. The number of halogens is 1. The molecule has 0 unspecified atom stereocenters. The minimum atomic E-state index is -0.0158. The summed E-state index contributed by atoms with van der Waals surface area (Å²) in [5, 5.41) is 0.697. The zero-order valence-electron chi connectivity index (χ0n) is 14.4. The van der Waals surface area contributed by atoms with Gasteiger partial charge >= 0.3 is 0 Å². The van der Waals surface area contributed by atoms with Gasteiger partial charge in [-0.2, -0.15) is 0 Å². The molecule has 3 aromatic rings. The topological polar surface area (TPSA) is 42.4 Å². The molecular weight excluding hydrogens is 368 g/mol. The third-order valence-electron chi connectivity index (χ3n) is 3.88. The fourth-order valence-corrected chi connectivity index (χ4v) is 3.62. The molecule has 0 bridgehead atoms. The van der Waals surface area contributed by atoms with Crippen LogP contribution in [0.5, 0.6) is 0 Å². The number of pyridine rings is 1. The van der Waals surface area contributed by atoms with Crippen LogP contribution in [0.1, 0.15) is 15.4 Å². The molecule has 1 amide bonds. The first-order chi connectivity index (χ1) is 12.7. The van der Waals surface area contributed by atoms with Crippen molar-refractivity contribution in [2.45, 2.75) is 6.54 Å². The van der Waals surface area contributed by atoms with E-state index in [0.29, 0.717) is 29.6 Å². The maximum Gasteiger partial charge on any atom is 0.264 e. The van der Waals surface area contributed by atoms with Crippen molar-refractivity contribution in [1.82, 2.24) is 9.88 Å². The Kier molecular flexibility index (Phi) is 6.39. The average Bonchev–Trinajstić information content (AvgIpc) is 3.16. The van der Waals surface area contributed by atoms with Crippen LogP contribution >= 0.6 is 22.9 Å². The second-order valence-electron chi connectivity index (χ2n) is 5.71.